The maximum absolute atomic E-state index is 11.2. The molecule has 0 saturated carbocycles. The van der Waals surface area contributed by atoms with Gasteiger partial charge in [-0.05, 0) is 6.92 Å². The van der Waals surface area contributed by atoms with E-state index in [2.05, 4.69) is 5.16 Å². The van der Waals surface area contributed by atoms with Gasteiger partial charge in [0.05, 0.1) is 5.71 Å². The van der Waals surface area contributed by atoms with Gasteiger partial charge < -0.3 is 9.74 Å². The fourth-order valence-electron chi connectivity index (χ4n) is 0.917. The Morgan fingerprint density at radius 3 is 2.73 bits per heavy atom. The van der Waals surface area contributed by atoms with Crippen LogP contribution in [0, 0.1) is 0 Å². The highest BCUT2D eigenvalue weighted by Crippen LogP contribution is 2.11. The molecule has 1 amide bonds. The van der Waals surface area contributed by atoms with E-state index in [9.17, 15) is 4.79 Å². The minimum Gasteiger partial charge on any atom is -0.382 e. The van der Waals surface area contributed by atoms with E-state index < -0.39 is 0 Å². The third-order valence-corrected chi connectivity index (χ3v) is 1.53. The Kier molecular flexibility index (Phi) is 2.12. The summed E-state index contributed by atoms with van der Waals surface area (Å²) in [4.78, 5) is 17.6. The monoisotopic (exact) mass is 156 g/mol. The van der Waals surface area contributed by atoms with Gasteiger partial charge in [0.25, 0.3) is 5.91 Å². The predicted molar refractivity (Wildman–Crippen MR) is 41.3 cm³/mol. The predicted octanol–water partition coefficient (Wildman–Crippen LogP) is 0.239. The summed E-state index contributed by atoms with van der Waals surface area (Å²) in [5.74, 6) is -0.0226. The molecule has 0 spiro atoms. The molecule has 1 rings (SSSR count). The molecule has 0 aromatic rings. The first-order valence-electron chi connectivity index (χ1n) is 3.51. The molecule has 4 nitrogen and oxygen atoms in total. The van der Waals surface area contributed by atoms with E-state index >= 15 is 0 Å². The topological polar surface area (TPSA) is 41.9 Å². The Bertz CT molecular complexity index is 199. The van der Waals surface area contributed by atoms with Crippen molar-refractivity contribution in [3.63, 3.8) is 0 Å². The van der Waals surface area contributed by atoms with Crippen LogP contribution < -0.4 is 0 Å². The van der Waals surface area contributed by atoms with Gasteiger partial charge in [-0.2, -0.15) is 0 Å². The molecule has 0 bridgehead atoms. The Morgan fingerprint density at radius 1 is 1.73 bits per heavy atom. The lowest BCUT2D eigenvalue weighted by Gasteiger charge is -2.13. The van der Waals surface area contributed by atoms with Crippen molar-refractivity contribution >= 4 is 11.6 Å². The van der Waals surface area contributed by atoms with Crippen molar-refractivity contribution in [3.8, 4) is 0 Å². The number of likely N-dealkylation sites (N-methyl/N-ethyl adjacent to an activating group) is 1. The van der Waals surface area contributed by atoms with Crippen molar-refractivity contribution in [1.82, 2.24) is 4.90 Å². The second kappa shape index (κ2) is 2.90. The van der Waals surface area contributed by atoms with E-state index in [1.807, 2.05) is 6.92 Å². The van der Waals surface area contributed by atoms with Gasteiger partial charge in [-0.25, -0.2) is 0 Å². The minimum absolute atomic E-state index is 0.0226. The molecule has 1 aliphatic heterocycles. The SMILES string of the molecule is CC1=NO[C@H](C(=O)N(C)C)C1. The summed E-state index contributed by atoms with van der Waals surface area (Å²) in [5, 5.41) is 3.69. The Balaban J connectivity index is 2.47. The molecule has 0 aromatic carbocycles. The first kappa shape index (κ1) is 8.04. The highest BCUT2D eigenvalue weighted by molar-refractivity contribution is 5.91. The first-order valence-corrected chi connectivity index (χ1v) is 3.51. The van der Waals surface area contributed by atoms with Crippen LogP contribution in [0.5, 0.6) is 0 Å². The summed E-state index contributed by atoms with van der Waals surface area (Å²) >= 11 is 0. The molecule has 0 saturated heterocycles. The zero-order valence-electron chi connectivity index (χ0n) is 7.00. The van der Waals surface area contributed by atoms with Gasteiger partial charge in [-0.3, -0.25) is 4.79 Å². The van der Waals surface area contributed by atoms with Crippen LogP contribution in [0.4, 0.5) is 0 Å². The number of amides is 1. The molecular weight excluding hydrogens is 144 g/mol. The van der Waals surface area contributed by atoms with Crippen LogP contribution in [0.25, 0.3) is 0 Å². The van der Waals surface area contributed by atoms with Crippen molar-refractivity contribution in [1.29, 1.82) is 0 Å². The molecule has 0 aromatic heterocycles. The van der Waals surface area contributed by atoms with Crippen LogP contribution in [-0.4, -0.2) is 36.7 Å². The van der Waals surface area contributed by atoms with E-state index in [1.165, 1.54) is 4.90 Å². The summed E-state index contributed by atoms with van der Waals surface area (Å²) in [6.45, 7) is 1.85. The highest BCUT2D eigenvalue weighted by Gasteiger charge is 2.26. The van der Waals surface area contributed by atoms with Crippen LogP contribution in [0.15, 0.2) is 5.16 Å². The fourth-order valence-corrected chi connectivity index (χ4v) is 0.917. The number of rotatable bonds is 1. The van der Waals surface area contributed by atoms with E-state index in [4.69, 9.17) is 4.84 Å². The molecule has 1 heterocycles. The van der Waals surface area contributed by atoms with Gasteiger partial charge in [-0.15, -0.1) is 0 Å². The number of hydrogen-bond acceptors (Lipinski definition) is 3. The number of carbonyl (C=O) groups excluding carboxylic acids is 1. The molecule has 62 valence electrons. The van der Waals surface area contributed by atoms with Gasteiger partial charge in [0.15, 0.2) is 0 Å². The normalized spacial score (nSPS) is 22.5. The Hall–Kier alpha value is -1.06. The molecule has 1 atom stereocenters. The lowest BCUT2D eigenvalue weighted by molar-refractivity contribution is -0.139. The minimum atomic E-state index is -0.384. The van der Waals surface area contributed by atoms with Crippen LogP contribution in [-0.2, 0) is 9.63 Å². The highest BCUT2D eigenvalue weighted by atomic mass is 16.6. The van der Waals surface area contributed by atoms with E-state index in [-0.39, 0.29) is 12.0 Å². The average Bonchev–Trinajstić information content (AvgIpc) is 2.34. The van der Waals surface area contributed by atoms with Crippen molar-refractivity contribution in [3.05, 3.63) is 0 Å². The smallest absolute Gasteiger partial charge is 0.266 e. The zero-order valence-corrected chi connectivity index (χ0v) is 7.00. The summed E-state index contributed by atoms with van der Waals surface area (Å²) < 4.78 is 0. The fraction of sp³-hybridized carbons (Fsp3) is 0.714. The molecule has 11 heavy (non-hydrogen) atoms. The molecule has 0 radical (unpaired) electrons. The summed E-state index contributed by atoms with van der Waals surface area (Å²) in [7, 11) is 3.42. The standard InChI is InChI=1S/C7H12N2O2/c1-5-4-6(11-8-5)7(10)9(2)3/h6H,4H2,1-3H3/t6-/m0/s1. The molecule has 0 aliphatic carbocycles. The van der Waals surface area contributed by atoms with Gasteiger partial charge in [0, 0.05) is 20.5 Å². The van der Waals surface area contributed by atoms with Gasteiger partial charge in [0.1, 0.15) is 0 Å². The van der Waals surface area contributed by atoms with Crippen LogP contribution in [0.2, 0.25) is 0 Å². The molecule has 0 fully saturated rings. The van der Waals surface area contributed by atoms with Crippen LogP contribution >= 0.6 is 0 Å². The van der Waals surface area contributed by atoms with E-state index in [0.29, 0.717) is 6.42 Å². The third-order valence-electron chi connectivity index (χ3n) is 1.53. The molecule has 4 heteroatoms. The average molecular weight is 156 g/mol. The summed E-state index contributed by atoms with van der Waals surface area (Å²) in [5.41, 5.74) is 0.880. The number of oxime groups is 1. The van der Waals surface area contributed by atoms with Crippen molar-refractivity contribution < 1.29 is 9.63 Å². The van der Waals surface area contributed by atoms with Crippen molar-refractivity contribution in [2.24, 2.45) is 5.16 Å². The van der Waals surface area contributed by atoms with Crippen molar-refractivity contribution in [2.75, 3.05) is 14.1 Å². The van der Waals surface area contributed by atoms with Crippen molar-refractivity contribution in [2.45, 2.75) is 19.4 Å². The Labute approximate surface area is 65.8 Å². The maximum Gasteiger partial charge on any atom is 0.266 e. The van der Waals surface area contributed by atoms with E-state index in [1.54, 1.807) is 14.1 Å². The number of carbonyl (C=O) groups is 1. The number of nitrogens with zero attached hydrogens (tertiary/aromatic N) is 2. The van der Waals surface area contributed by atoms with E-state index in [0.717, 1.165) is 5.71 Å². The number of hydrogen-bond donors (Lipinski definition) is 0. The molecule has 0 unspecified atom stereocenters. The molecule has 0 N–H and O–H groups in total. The Morgan fingerprint density at radius 2 is 2.36 bits per heavy atom. The second-order valence-electron chi connectivity index (χ2n) is 2.86. The van der Waals surface area contributed by atoms with Gasteiger partial charge >= 0.3 is 0 Å². The quantitative estimate of drug-likeness (QED) is 0.545. The lowest BCUT2D eigenvalue weighted by atomic mass is 10.2. The van der Waals surface area contributed by atoms with Gasteiger partial charge in [-0.1, -0.05) is 5.16 Å². The zero-order chi connectivity index (χ0) is 8.43. The van der Waals surface area contributed by atoms with Crippen LogP contribution in [0.1, 0.15) is 13.3 Å². The second-order valence-corrected chi connectivity index (χ2v) is 2.86. The van der Waals surface area contributed by atoms with Crippen LogP contribution in [0.3, 0.4) is 0 Å². The molecular formula is C7H12N2O2. The maximum atomic E-state index is 11.2. The summed E-state index contributed by atoms with van der Waals surface area (Å²) in [6.07, 6.45) is 0.238. The first-order chi connectivity index (χ1) is 5.11. The van der Waals surface area contributed by atoms with Gasteiger partial charge in [0.2, 0.25) is 6.10 Å². The third kappa shape index (κ3) is 1.69. The largest absolute Gasteiger partial charge is 0.382 e. The molecule has 1 aliphatic rings. The summed E-state index contributed by atoms with van der Waals surface area (Å²) in [6, 6.07) is 0. The lowest BCUT2D eigenvalue weighted by Crippen LogP contribution is -2.33.